The van der Waals surface area contributed by atoms with Crippen molar-refractivity contribution in [3.8, 4) is 0 Å². The van der Waals surface area contributed by atoms with Crippen molar-refractivity contribution >= 4 is 17.6 Å². The molecule has 1 aromatic rings. The van der Waals surface area contributed by atoms with Gasteiger partial charge >= 0.3 is 5.97 Å². The fourth-order valence-electron chi connectivity index (χ4n) is 2.30. The molecule has 1 unspecified atom stereocenters. The van der Waals surface area contributed by atoms with E-state index in [1.54, 1.807) is 17.9 Å². The van der Waals surface area contributed by atoms with Gasteiger partial charge in [-0.2, -0.15) is 0 Å². The Kier molecular flexibility index (Phi) is 3.48. The minimum absolute atomic E-state index is 0.0776. The van der Waals surface area contributed by atoms with E-state index in [0.29, 0.717) is 24.1 Å². The van der Waals surface area contributed by atoms with E-state index in [2.05, 4.69) is 0 Å². The van der Waals surface area contributed by atoms with Gasteiger partial charge in [0.2, 0.25) is 0 Å². The number of cyclic esters (lactones) is 1. The average Bonchev–Trinajstić information content (AvgIpc) is 3.01. The fourth-order valence-corrected chi connectivity index (χ4v) is 2.30. The molecule has 2 aliphatic heterocycles. The Hall–Kier alpha value is -2.56. The number of esters is 1. The second kappa shape index (κ2) is 5.44. The van der Waals surface area contributed by atoms with E-state index < -0.39 is 6.29 Å². The molecule has 1 amide bonds. The van der Waals surface area contributed by atoms with Crippen LogP contribution < -0.4 is 4.90 Å². The lowest BCUT2D eigenvalue weighted by Crippen LogP contribution is -2.24. The van der Waals surface area contributed by atoms with E-state index in [9.17, 15) is 9.59 Å². The molecule has 2 heterocycles. The highest BCUT2D eigenvalue weighted by Gasteiger charge is 2.28. The Morgan fingerprint density at radius 1 is 1.29 bits per heavy atom. The summed E-state index contributed by atoms with van der Waals surface area (Å²) >= 11 is 0. The van der Waals surface area contributed by atoms with Gasteiger partial charge in [0, 0.05) is 23.9 Å². The largest absolute Gasteiger partial charge is 0.458 e. The predicted molar refractivity (Wildman–Crippen MR) is 76.2 cm³/mol. The number of ether oxygens (including phenoxy) is 2. The first-order valence-electron chi connectivity index (χ1n) is 6.76. The van der Waals surface area contributed by atoms with Gasteiger partial charge in [0.1, 0.15) is 0 Å². The number of anilines is 1. The number of carbonyl (C=O) groups is 2. The lowest BCUT2D eigenvalue weighted by molar-refractivity contribution is -0.152. The van der Waals surface area contributed by atoms with Crippen LogP contribution in [0.5, 0.6) is 0 Å². The van der Waals surface area contributed by atoms with Gasteiger partial charge in [0.25, 0.3) is 12.2 Å². The summed E-state index contributed by atoms with van der Waals surface area (Å²) in [7, 11) is 0. The van der Waals surface area contributed by atoms with E-state index in [4.69, 9.17) is 9.47 Å². The van der Waals surface area contributed by atoms with Crippen LogP contribution in [0.1, 0.15) is 13.3 Å². The third-order valence-electron chi connectivity index (χ3n) is 3.47. The molecule has 3 rings (SSSR count). The van der Waals surface area contributed by atoms with E-state index in [1.807, 2.05) is 30.3 Å². The van der Waals surface area contributed by atoms with Gasteiger partial charge in [-0.15, -0.1) is 0 Å². The van der Waals surface area contributed by atoms with Crippen LogP contribution in [0, 0.1) is 0 Å². The summed E-state index contributed by atoms with van der Waals surface area (Å²) in [5.74, 6) is -0.465. The van der Waals surface area contributed by atoms with E-state index >= 15 is 0 Å². The molecule has 0 saturated carbocycles. The van der Waals surface area contributed by atoms with Crippen LogP contribution >= 0.6 is 0 Å². The molecule has 5 nitrogen and oxygen atoms in total. The second-order valence-electron chi connectivity index (χ2n) is 4.94. The van der Waals surface area contributed by atoms with Crippen molar-refractivity contribution in [3.63, 3.8) is 0 Å². The molecular weight excluding hydrogens is 270 g/mol. The summed E-state index contributed by atoms with van der Waals surface area (Å²) in [5, 5.41) is 0. The molecule has 1 fully saturated rings. The number of hydrogen-bond acceptors (Lipinski definition) is 4. The van der Waals surface area contributed by atoms with Gasteiger partial charge < -0.3 is 14.4 Å². The number of carbonyl (C=O) groups excluding carboxylic acids is 2. The number of amides is 1. The molecule has 5 heteroatoms. The summed E-state index contributed by atoms with van der Waals surface area (Å²) in [4.78, 5) is 25.2. The van der Waals surface area contributed by atoms with Crippen LogP contribution in [0.4, 0.5) is 5.69 Å². The minimum atomic E-state index is -0.733. The van der Waals surface area contributed by atoms with E-state index in [0.717, 1.165) is 5.69 Å². The number of para-hydroxylation sites is 1. The predicted octanol–water partition coefficient (Wildman–Crippen LogP) is 2.15. The van der Waals surface area contributed by atoms with Crippen molar-refractivity contribution in [2.75, 3.05) is 11.4 Å². The molecule has 108 valence electrons. The first kappa shape index (κ1) is 13.4. The zero-order chi connectivity index (χ0) is 14.8. The lowest BCUT2D eigenvalue weighted by atomic mass is 10.2. The number of rotatable bonds is 3. The minimum Gasteiger partial charge on any atom is -0.458 e. The van der Waals surface area contributed by atoms with E-state index in [1.165, 1.54) is 6.26 Å². The maximum absolute atomic E-state index is 12.3. The number of hydrogen-bond donors (Lipinski definition) is 0. The molecule has 1 atom stereocenters. The molecule has 1 saturated heterocycles. The van der Waals surface area contributed by atoms with Gasteiger partial charge in [0.05, 0.1) is 11.8 Å². The smallest absolute Gasteiger partial charge is 0.336 e. The standard InChI is InChI=1S/C16H15NO4/c1-11-9-14(21-16(11)19)20-10-12-7-8-17(15(12)18)13-5-3-2-4-6-13/h2-6,9-10,14H,7-8H2,1H3/b12-10+. The van der Waals surface area contributed by atoms with Gasteiger partial charge in [0.15, 0.2) is 0 Å². The van der Waals surface area contributed by atoms with Crippen LogP contribution in [0.25, 0.3) is 0 Å². The second-order valence-corrected chi connectivity index (χ2v) is 4.94. The van der Waals surface area contributed by atoms with Crippen molar-refractivity contribution in [2.24, 2.45) is 0 Å². The number of benzene rings is 1. The zero-order valence-corrected chi connectivity index (χ0v) is 11.6. The molecule has 2 aliphatic rings. The normalized spacial score (nSPS) is 23.5. The van der Waals surface area contributed by atoms with Crippen LogP contribution in [0.2, 0.25) is 0 Å². The highest BCUT2D eigenvalue weighted by molar-refractivity contribution is 6.07. The third kappa shape index (κ3) is 2.67. The molecule has 0 N–H and O–H groups in total. The maximum atomic E-state index is 12.3. The summed E-state index contributed by atoms with van der Waals surface area (Å²) in [6, 6.07) is 9.49. The molecule has 0 radical (unpaired) electrons. The zero-order valence-electron chi connectivity index (χ0n) is 11.6. The van der Waals surface area contributed by atoms with Crippen molar-refractivity contribution in [3.05, 3.63) is 53.8 Å². The molecule has 0 bridgehead atoms. The molecule has 0 aromatic heterocycles. The summed E-state index contributed by atoms with van der Waals surface area (Å²) < 4.78 is 10.3. The Morgan fingerprint density at radius 3 is 2.71 bits per heavy atom. The first-order valence-corrected chi connectivity index (χ1v) is 6.76. The Labute approximate surface area is 122 Å². The molecule has 21 heavy (non-hydrogen) atoms. The summed E-state index contributed by atoms with van der Waals surface area (Å²) in [5.41, 5.74) is 1.96. The van der Waals surface area contributed by atoms with Crippen LogP contribution in [-0.4, -0.2) is 24.7 Å². The lowest BCUT2D eigenvalue weighted by Gasteiger charge is -2.14. The monoisotopic (exact) mass is 285 g/mol. The van der Waals surface area contributed by atoms with Gasteiger partial charge in [-0.25, -0.2) is 4.79 Å². The van der Waals surface area contributed by atoms with Crippen molar-refractivity contribution < 1.29 is 19.1 Å². The molecule has 0 aliphatic carbocycles. The van der Waals surface area contributed by atoms with Gasteiger partial charge in [-0.05, 0) is 25.5 Å². The first-order chi connectivity index (χ1) is 10.1. The Balaban J connectivity index is 1.67. The average molecular weight is 285 g/mol. The highest BCUT2D eigenvalue weighted by atomic mass is 16.7. The van der Waals surface area contributed by atoms with Crippen molar-refractivity contribution in [1.29, 1.82) is 0 Å². The maximum Gasteiger partial charge on any atom is 0.336 e. The summed E-state index contributed by atoms with van der Waals surface area (Å²) in [6.07, 6.45) is 2.87. The van der Waals surface area contributed by atoms with Gasteiger partial charge in [-0.3, -0.25) is 4.79 Å². The van der Waals surface area contributed by atoms with E-state index in [-0.39, 0.29) is 11.9 Å². The number of nitrogens with zero attached hydrogens (tertiary/aromatic N) is 1. The molecular formula is C16H15NO4. The van der Waals surface area contributed by atoms with Crippen molar-refractivity contribution in [1.82, 2.24) is 0 Å². The summed E-state index contributed by atoms with van der Waals surface area (Å²) in [6.45, 7) is 2.29. The Morgan fingerprint density at radius 2 is 2.05 bits per heavy atom. The van der Waals surface area contributed by atoms with Crippen LogP contribution in [0.3, 0.4) is 0 Å². The highest BCUT2D eigenvalue weighted by Crippen LogP contribution is 2.25. The van der Waals surface area contributed by atoms with Crippen molar-refractivity contribution in [2.45, 2.75) is 19.6 Å². The molecule has 1 aromatic carbocycles. The Bertz CT molecular complexity index is 633. The van der Waals surface area contributed by atoms with Crippen LogP contribution in [0.15, 0.2) is 53.8 Å². The van der Waals surface area contributed by atoms with Crippen LogP contribution in [-0.2, 0) is 19.1 Å². The fraction of sp³-hybridized carbons (Fsp3) is 0.250. The topological polar surface area (TPSA) is 55.8 Å². The quantitative estimate of drug-likeness (QED) is 0.485. The third-order valence-corrected chi connectivity index (χ3v) is 3.47. The van der Waals surface area contributed by atoms with Gasteiger partial charge in [-0.1, -0.05) is 18.2 Å². The molecule has 0 spiro atoms. The SMILES string of the molecule is CC1=CC(O/C=C2\CCN(c3ccccc3)C2=O)OC1=O.